The van der Waals surface area contributed by atoms with E-state index in [0.29, 0.717) is 0 Å². The van der Waals surface area contributed by atoms with Gasteiger partial charge in [-0.05, 0) is 11.1 Å². The van der Waals surface area contributed by atoms with Crippen LogP contribution in [0.1, 0.15) is 0 Å². The second-order valence-corrected chi connectivity index (χ2v) is 2.90. The minimum Gasteiger partial charge on any atom is -1.00 e. The number of nitrogens with two attached hydrogens (primary N) is 1. The third kappa shape index (κ3) is 2.24. The van der Waals surface area contributed by atoms with Crippen molar-refractivity contribution >= 4 is 0 Å². The Morgan fingerprint density at radius 2 is 1.29 bits per heavy atom. The second kappa shape index (κ2) is 4.63. The lowest BCUT2D eigenvalue weighted by molar-refractivity contribution is -0.638. The van der Waals surface area contributed by atoms with Crippen molar-refractivity contribution in [3.8, 4) is 11.1 Å². The van der Waals surface area contributed by atoms with Gasteiger partial charge < -0.3 is 12.4 Å². The van der Waals surface area contributed by atoms with E-state index < -0.39 is 0 Å². The van der Waals surface area contributed by atoms with Crippen LogP contribution in [0.2, 0.25) is 0 Å². The van der Waals surface area contributed by atoms with Crippen molar-refractivity contribution < 1.29 is 17.1 Å². The summed E-state index contributed by atoms with van der Waals surface area (Å²) in [5, 5.41) is 0. The van der Waals surface area contributed by atoms with Crippen LogP contribution in [0.4, 0.5) is 0 Å². The van der Waals surface area contributed by atoms with Gasteiger partial charge in [0, 0.05) is 12.1 Å². The van der Waals surface area contributed by atoms with E-state index in [9.17, 15) is 0 Å². The predicted molar refractivity (Wildman–Crippen MR) is 52.2 cm³/mol. The highest BCUT2D eigenvalue weighted by atomic mass is 35.5. The molecule has 0 spiro atoms. The van der Waals surface area contributed by atoms with Crippen LogP contribution in [0.15, 0.2) is 54.9 Å². The molecule has 0 atom stereocenters. The first kappa shape index (κ1) is 10.5. The average Bonchev–Trinajstić information content (AvgIpc) is 2.20. The number of hydrogen-bond acceptors (Lipinski definition) is 1. The normalized spacial score (nSPS) is 9.14. The fourth-order valence-corrected chi connectivity index (χ4v) is 1.26. The van der Waals surface area contributed by atoms with Gasteiger partial charge in [0.2, 0.25) is 0 Å². The van der Waals surface area contributed by atoms with Crippen molar-refractivity contribution in [3.63, 3.8) is 0 Å². The van der Waals surface area contributed by atoms with Crippen molar-refractivity contribution in [1.82, 2.24) is 0 Å². The quantitative estimate of drug-likeness (QED) is 0.440. The maximum absolute atomic E-state index is 5.52. The van der Waals surface area contributed by atoms with Gasteiger partial charge in [0.05, 0.1) is 0 Å². The molecule has 1 aromatic carbocycles. The first-order valence-corrected chi connectivity index (χ1v) is 4.18. The summed E-state index contributed by atoms with van der Waals surface area (Å²) >= 11 is 0. The minimum atomic E-state index is 0. The molecule has 2 nitrogen and oxygen atoms in total. The van der Waals surface area contributed by atoms with Crippen molar-refractivity contribution in [1.29, 1.82) is 0 Å². The predicted octanol–water partition coefficient (Wildman–Crippen LogP) is -1.64. The third-order valence-electron chi connectivity index (χ3n) is 1.96. The molecule has 0 aliphatic carbocycles. The molecule has 1 aromatic heterocycles. The molecule has 3 heteroatoms. The van der Waals surface area contributed by atoms with Gasteiger partial charge in [-0.3, -0.25) is 0 Å². The van der Waals surface area contributed by atoms with Crippen LogP contribution in [0.25, 0.3) is 11.1 Å². The molecule has 0 unspecified atom stereocenters. The standard InChI is InChI=1S/C11H11N2.ClH/c12-13-8-6-11(7-9-13)10-4-2-1-3-5-10;/h1-9H,12H2;1H/q+1;/p-1. The first-order chi connectivity index (χ1) is 6.36. The van der Waals surface area contributed by atoms with Gasteiger partial charge in [-0.25, -0.2) is 5.84 Å². The summed E-state index contributed by atoms with van der Waals surface area (Å²) in [6, 6.07) is 14.2. The maximum atomic E-state index is 5.52. The molecule has 2 rings (SSSR count). The number of nitrogen functional groups attached to an aromatic ring is 1. The molecule has 2 N–H and O–H groups in total. The minimum absolute atomic E-state index is 0. The molecule has 0 aliphatic rings. The van der Waals surface area contributed by atoms with E-state index >= 15 is 0 Å². The first-order valence-electron chi connectivity index (χ1n) is 4.18. The Labute approximate surface area is 89.4 Å². The van der Waals surface area contributed by atoms with Crippen molar-refractivity contribution in [2.45, 2.75) is 0 Å². The molecular formula is C11H11ClN2. The maximum Gasteiger partial charge on any atom is 0.199 e. The van der Waals surface area contributed by atoms with Crippen LogP contribution in [0, 0.1) is 0 Å². The van der Waals surface area contributed by atoms with E-state index in [4.69, 9.17) is 5.84 Å². The van der Waals surface area contributed by atoms with Gasteiger partial charge >= 0.3 is 0 Å². The molecule has 0 saturated carbocycles. The summed E-state index contributed by atoms with van der Waals surface area (Å²) in [5.41, 5.74) is 2.39. The highest BCUT2D eigenvalue weighted by molar-refractivity contribution is 5.61. The molecule has 2 aromatic rings. The Kier molecular flexibility index (Phi) is 3.48. The third-order valence-corrected chi connectivity index (χ3v) is 1.96. The molecule has 0 radical (unpaired) electrons. The smallest absolute Gasteiger partial charge is 0.199 e. The largest absolute Gasteiger partial charge is 1.00 e. The Morgan fingerprint density at radius 1 is 0.786 bits per heavy atom. The van der Waals surface area contributed by atoms with Gasteiger partial charge in [0.1, 0.15) is 0 Å². The summed E-state index contributed by atoms with van der Waals surface area (Å²) in [6.45, 7) is 0. The number of rotatable bonds is 1. The van der Waals surface area contributed by atoms with Crippen LogP contribution in [-0.2, 0) is 0 Å². The van der Waals surface area contributed by atoms with E-state index in [2.05, 4.69) is 12.1 Å². The zero-order chi connectivity index (χ0) is 9.10. The van der Waals surface area contributed by atoms with E-state index in [1.807, 2.05) is 42.7 Å². The van der Waals surface area contributed by atoms with Crippen LogP contribution >= 0.6 is 0 Å². The Hall–Kier alpha value is -1.54. The SMILES string of the molecule is N[n+]1ccc(-c2ccccc2)cc1.[Cl-]. The second-order valence-electron chi connectivity index (χ2n) is 2.90. The van der Waals surface area contributed by atoms with Gasteiger partial charge in [-0.15, -0.1) is 0 Å². The Balaban J connectivity index is 0.000000980. The molecule has 0 aliphatic heterocycles. The molecule has 1 heterocycles. The fourth-order valence-electron chi connectivity index (χ4n) is 1.26. The summed E-state index contributed by atoms with van der Waals surface area (Å²) in [6.07, 6.45) is 3.67. The molecule has 14 heavy (non-hydrogen) atoms. The number of aromatic nitrogens is 1. The number of hydrogen-bond donors (Lipinski definition) is 1. The highest BCUT2D eigenvalue weighted by Gasteiger charge is 1.97. The van der Waals surface area contributed by atoms with Crippen molar-refractivity contribution in [2.24, 2.45) is 0 Å². The number of halogens is 1. The van der Waals surface area contributed by atoms with Crippen LogP contribution in [-0.4, -0.2) is 0 Å². The molecule has 0 fully saturated rings. The highest BCUT2D eigenvalue weighted by Crippen LogP contribution is 2.15. The fraction of sp³-hybridized carbons (Fsp3) is 0. The van der Waals surface area contributed by atoms with E-state index in [1.54, 1.807) is 0 Å². The number of pyridine rings is 1. The zero-order valence-electron chi connectivity index (χ0n) is 7.60. The summed E-state index contributed by atoms with van der Waals surface area (Å²) in [4.78, 5) is 0. The summed E-state index contributed by atoms with van der Waals surface area (Å²) < 4.78 is 1.53. The average molecular weight is 207 g/mol. The molecule has 0 bridgehead atoms. The Bertz CT molecular complexity index is 384. The number of nitrogens with zero attached hydrogens (tertiary/aromatic N) is 1. The van der Waals surface area contributed by atoms with Crippen molar-refractivity contribution in [3.05, 3.63) is 54.9 Å². The van der Waals surface area contributed by atoms with E-state index in [-0.39, 0.29) is 12.4 Å². The molecule has 72 valence electrons. The van der Waals surface area contributed by atoms with Gasteiger partial charge in [-0.2, -0.15) is 0 Å². The molecular weight excluding hydrogens is 196 g/mol. The van der Waals surface area contributed by atoms with E-state index in [0.717, 1.165) is 0 Å². The lowest BCUT2D eigenvalue weighted by Crippen LogP contribution is -3.00. The van der Waals surface area contributed by atoms with Crippen molar-refractivity contribution in [2.75, 3.05) is 5.84 Å². The van der Waals surface area contributed by atoms with Gasteiger partial charge in [0.25, 0.3) is 0 Å². The monoisotopic (exact) mass is 206 g/mol. The summed E-state index contributed by atoms with van der Waals surface area (Å²) in [5.74, 6) is 5.52. The van der Waals surface area contributed by atoms with Crippen LogP contribution < -0.4 is 22.9 Å². The lowest BCUT2D eigenvalue weighted by Gasteiger charge is -1.97. The topological polar surface area (TPSA) is 29.9 Å². The molecule has 0 amide bonds. The van der Waals surface area contributed by atoms with E-state index in [1.165, 1.54) is 15.8 Å². The van der Waals surface area contributed by atoms with Crippen LogP contribution in [0.5, 0.6) is 0 Å². The van der Waals surface area contributed by atoms with Gasteiger partial charge in [-0.1, -0.05) is 35.0 Å². The lowest BCUT2D eigenvalue weighted by atomic mass is 10.1. The number of benzene rings is 1. The zero-order valence-corrected chi connectivity index (χ0v) is 8.35. The van der Waals surface area contributed by atoms with Gasteiger partial charge in [0.15, 0.2) is 12.4 Å². The summed E-state index contributed by atoms with van der Waals surface area (Å²) in [7, 11) is 0. The van der Waals surface area contributed by atoms with Crippen LogP contribution in [0.3, 0.4) is 0 Å². The molecule has 0 saturated heterocycles. The Morgan fingerprint density at radius 3 is 1.86 bits per heavy atom.